The van der Waals surface area contributed by atoms with E-state index in [-0.39, 0.29) is 5.91 Å². The average molecular weight is 354 g/mol. The van der Waals surface area contributed by atoms with E-state index in [1.54, 1.807) is 14.2 Å². The molecule has 0 bridgehead atoms. The first-order valence-electron chi connectivity index (χ1n) is 8.98. The highest BCUT2D eigenvalue weighted by Crippen LogP contribution is 2.31. The topological polar surface area (TPSA) is 50.8 Å². The van der Waals surface area contributed by atoms with Crippen LogP contribution in [-0.4, -0.2) is 38.1 Å². The zero-order chi connectivity index (χ0) is 18.4. The zero-order valence-corrected chi connectivity index (χ0v) is 15.4. The lowest BCUT2D eigenvalue weighted by Gasteiger charge is -2.24. The Labute approximate surface area is 154 Å². The maximum absolute atomic E-state index is 12.4. The summed E-state index contributed by atoms with van der Waals surface area (Å²) in [6.07, 6.45) is 2.23. The highest BCUT2D eigenvalue weighted by atomic mass is 16.5. The highest BCUT2D eigenvalue weighted by Gasteiger charge is 2.27. The van der Waals surface area contributed by atoms with Crippen LogP contribution in [0.3, 0.4) is 0 Å². The van der Waals surface area contributed by atoms with Gasteiger partial charge in [-0.1, -0.05) is 36.4 Å². The van der Waals surface area contributed by atoms with Crippen molar-refractivity contribution in [2.45, 2.75) is 25.4 Å². The van der Waals surface area contributed by atoms with E-state index in [2.05, 4.69) is 34.5 Å². The van der Waals surface area contributed by atoms with E-state index in [1.807, 2.05) is 24.3 Å². The molecule has 138 valence electrons. The molecule has 1 fully saturated rings. The van der Waals surface area contributed by atoms with Crippen LogP contribution in [-0.2, 0) is 11.3 Å². The molecular formula is C21H26N2O3. The number of rotatable bonds is 7. The van der Waals surface area contributed by atoms with Gasteiger partial charge in [-0.05, 0) is 42.6 Å². The lowest BCUT2D eigenvalue weighted by Crippen LogP contribution is -2.36. The summed E-state index contributed by atoms with van der Waals surface area (Å²) in [7, 11) is 3.22. The SMILES string of the molecule is COc1ccc(CNC(=O)CN2CCCC2c2ccccc2)cc1OC. The number of likely N-dealkylation sites (tertiary alicyclic amines) is 1. The van der Waals surface area contributed by atoms with Gasteiger partial charge in [-0.2, -0.15) is 0 Å². The Morgan fingerprint density at radius 1 is 1.12 bits per heavy atom. The van der Waals surface area contributed by atoms with E-state index < -0.39 is 0 Å². The van der Waals surface area contributed by atoms with Crippen LogP contribution in [0.1, 0.15) is 30.0 Å². The predicted octanol–water partition coefficient (Wildman–Crippen LogP) is 3.16. The molecule has 1 saturated heterocycles. The van der Waals surface area contributed by atoms with Crippen molar-refractivity contribution in [3.8, 4) is 11.5 Å². The Hall–Kier alpha value is -2.53. The standard InChI is InChI=1S/C21H26N2O3/c1-25-19-11-10-16(13-20(19)26-2)14-22-21(24)15-23-12-6-9-18(23)17-7-4-3-5-8-17/h3-5,7-8,10-11,13,18H,6,9,12,14-15H2,1-2H3,(H,22,24). The molecule has 3 rings (SSSR count). The summed E-state index contributed by atoms with van der Waals surface area (Å²) in [6, 6.07) is 16.4. The number of ether oxygens (including phenoxy) is 2. The molecule has 1 unspecified atom stereocenters. The summed E-state index contributed by atoms with van der Waals surface area (Å²) in [5, 5.41) is 3.01. The fourth-order valence-electron chi connectivity index (χ4n) is 3.50. The van der Waals surface area contributed by atoms with Gasteiger partial charge < -0.3 is 14.8 Å². The van der Waals surface area contributed by atoms with Crippen LogP contribution in [0, 0.1) is 0 Å². The van der Waals surface area contributed by atoms with Gasteiger partial charge in [0.15, 0.2) is 11.5 Å². The minimum absolute atomic E-state index is 0.0441. The van der Waals surface area contributed by atoms with Gasteiger partial charge in [0.1, 0.15) is 0 Å². The van der Waals surface area contributed by atoms with Gasteiger partial charge in [0.2, 0.25) is 5.91 Å². The number of benzene rings is 2. The lowest BCUT2D eigenvalue weighted by atomic mass is 10.0. The Bertz CT molecular complexity index is 733. The molecule has 2 aromatic rings. The van der Waals surface area contributed by atoms with Crippen molar-refractivity contribution in [2.24, 2.45) is 0 Å². The molecule has 0 spiro atoms. The number of hydrogen-bond donors (Lipinski definition) is 1. The van der Waals surface area contributed by atoms with E-state index in [0.717, 1.165) is 24.9 Å². The van der Waals surface area contributed by atoms with Gasteiger partial charge >= 0.3 is 0 Å². The molecule has 1 amide bonds. The monoisotopic (exact) mass is 354 g/mol. The van der Waals surface area contributed by atoms with E-state index in [0.29, 0.717) is 30.6 Å². The lowest BCUT2D eigenvalue weighted by molar-refractivity contribution is -0.122. The van der Waals surface area contributed by atoms with Crippen molar-refractivity contribution < 1.29 is 14.3 Å². The Balaban J connectivity index is 1.56. The number of hydrogen-bond acceptors (Lipinski definition) is 4. The zero-order valence-electron chi connectivity index (χ0n) is 15.4. The maximum atomic E-state index is 12.4. The summed E-state index contributed by atoms with van der Waals surface area (Å²) >= 11 is 0. The second kappa shape index (κ2) is 8.72. The fraction of sp³-hybridized carbons (Fsp3) is 0.381. The summed E-state index contributed by atoms with van der Waals surface area (Å²) in [6.45, 7) is 1.86. The van der Waals surface area contributed by atoms with Crippen molar-refractivity contribution in [1.82, 2.24) is 10.2 Å². The first-order chi connectivity index (χ1) is 12.7. The molecule has 0 radical (unpaired) electrons. The first-order valence-corrected chi connectivity index (χ1v) is 8.98. The van der Waals surface area contributed by atoms with Crippen LogP contribution < -0.4 is 14.8 Å². The summed E-state index contributed by atoms with van der Waals surface area (Å²) in [4.78, 5) is 14.7. The van der Waals surface area contributed by atoms with E-state index >= 15 is 0 Å². The normalized spacial score (nSPS) is 17.1. The van der Waals surface area contributed by atoms with Gasteiger partial charge in [0, 0.05) is 12.6 Å². The first kappa shape index (κ1) is 18.3. The Morgan fingerprint density at radius 3 is 2.62 bits per heavy atom. The van der Waals surface area contributed by atoms with Crippen LogP contribution in [0.5, 0.6) is 11.5 Å². The number of nitrogens with one attached hydrogen (secondary N) is 1. The van der Waals surface area contributed by atoms with Crippen molar-refractivity contribution in [3.05, 3.63) is 59.7 Å². The van der Waals surface area contributed by atoms with Crippen molar-refractivity contribution in [1.29, 1.82) is 0 Å². The molecule has 2 aromatic carbocycles. The molecule has 5 heteroatoms. The largest absolute Gasteiger partial charge is 0.493 e. The molecule has 1 heterocycles. The second-order valence-electron chi connectivity index (χ2n) is 6.51. The third-order valence-corrected chi connectivity index (χ3v) is 4.83. The summed E-state index contributed by atoms with van der Waals surface area (Å²) < 4.78 is 10.5. The van der Waals surface area contributed by atoms with Gasteiger partial charge in [-0.3, -0.25) is 9.69 Å². The minimum atomic E-state index is 0.0441. The van der Waals surface area contributed by atoms with Gasteiger partial charge in [-0.15, -0.1) is 0 Å². The molecule has 1 aliphatic heterocycles. The fourth-order valence-corrected chi connectivity index (χ4v) is 3.50. The van der Waals surface area contributed by atoms with E-state index in [4.69, 9.17) is 9.47 Å². The predicted molar refractivity (Wildman–Crippen MR) is 101 cm³/mol. The number of methoxy groups -OCH3 is 2. The van der Waals surface area contributed by atoms with Crippen molar-refractivity contribution >= 4 is 5.91 Å². The molecule has 26 heavy (non-hydrogen) atoms. The molecule has 0 aliphatic carbocycles. The minimum Gasteiger partial charge on any atom is -0.493 e. The second-order valence-corrected chi connectivity index (χ2v) is 6.51. The third kappa shape index (κ3) is 4.35. The van der Waals surface area contributed by atoms with E-state index in [1.165, 1.54) is 5.56 Å². The summed E-state index contributed by atoms with van der Waals surface area (Å²) in [5.41, 5.74) is 2.27. The van der Waals surface area contributed by atoms with Gasteiger partial charge in [0.05, 0.1) is 20.8 Å². The number of amides is 1. The number of carbonyl (C=O) groups is 1. The summed E-state index contributed by atoms with van der Waals surface area (Å²) in [5.74, 6) is 1.40. The smallest absolute Gasteiger partial charge is 0.234 e. The third-order valence-electron chi connectivity index (χ3n) is 4.83. The average Bonchev–Trinajstić information content (AvgIpc) is 3.14. The number of carbonyl (C=O) groups excluding carboxylic acids is 1. The van der Waals surface area contributed by atoms with Crippen LogP contribution >= 0.6 is 0 Å². The molecule has 1 aliphatic rings. The maximum Gasteiger partial charge on any atom is 0.234 e. The van der Waals surface area contributed by atoms with Crippen molar-refractivity contribution in [2.75, 3.05) is 27.3 Å². The quantitative estimate of drug-likeness (QED) is 0.830. The molecule has 5 nitrogen and oxygen atoms in total. The molecule has 0 aromatic heterocycles. The molecule has 1 atom stereocenters. The van der Waals surface area contributed by atoms with Crippen LogP contribution in [0.4, 0.5) is 0 Å². The van der Waals surface area contributed by atoms with Crippen LogP contribution in [0.2, 0.25) is 0 Å². The van der Waals surface area contributed by atoms with Crippen molar-refractivity contribution in [3.63, 3.8) is 0 Å². The molecule has 0 saturated carbocycles. The van der Waals surface area contributed by atoms with Crippen LogP contribution in [0.25, 0.3) is 0 Å². The van der Waals surface area contributed by atoms with Gasteiger partial charge in [0.25, 0.3) is 0 Å². The molecule has 1 N–H and O–H groups in total. The van der Waals surface area contributed by atoms with E-state index in [9.17, 15) is 4.79 Å². The van der Waals surface area contributed by atoms with Gasteiger partial charge in [-0.25, -0.2) is 0 Å². The number of nitrogens with zero attached hydrogens (tertiary/aromatic N) is 1. The molecular weight excluding hydrogens is 328 g/mol. The Morgan fingerprint density at radius 2 is 1.88 bits per heavy atom. The highest BCUT2D eigenvalue weighted by molar-refractivity contribution is 5.78. The van der Waals surface area contributed by atoms with Crippen LogP contribution in [0.15, 0.2) is 48.5 Å². The Kier molecular flexibility index (Phi) is 6.12.